The molecule has 0 radical (unpaired) electrons. The van der Waals surface area contributed by atoms with Crippen molar-refractivity contribution in [2.45, 2.75) is 32.5 Å². The van der Waals surface area contributed by atoms with Crippen LogP contribution < -0.4 is 10.1 Å². The van der Waals surface area contributed by atoms with Crippen molar-refractivity contribution in [3.63, 3.8) is 0 Å². The van der Waals surface area contributed by atoms with Crippen LogP contribution in [0.4, 0.5) is 8.78 Å². The summed E-state index contributed by atoms with van der Waals surface area (Å²) in [6, 6.07) is 7.75. The largest absolute Gasteiger partial charge is 0.468 e. The van der Waals surface area contributed by atoms with Crippen molar-refractivity contribution in [1.82, 2.24) is 5.32 Å². The number of halogens is 2. The lowest BCUT2D eigenvalue weighted by molar-refractivity contribution is -0.0507. The molecule has 22 heavy (non-hydrogen) atoms. The van der Waals surface area contributed by atoms with E-state index in [1.54, 1.807) is 24.3 Å². The number of aliphatic hydroxyl groups excluding tert-OH is 1. The summed E-state index contributed by atoms with van der Waals surface area (Å²) < 4.78 is 34.9. The third-order valence-electron chi connectivity index (χ3n) is 3.37. The zero-order chi connectivity index (χ0) is 16.1. The predicted molar refractivity (Wildman–Crippen MR) is 77.9 cm³/mol. The van der Waals surface area contributed by atoms with Gasteiger partial charge in [0, 0.05) is 11.6 Å². The maximum Gasteiger partial charge on any atom is 0.387 e. The molecule has 0 spiro atoms. The Bertz CT molecular complexity index is 587. The van der Waals surface area contributed by atoms with Gasteiger partial charge in [0.15, 0.2) is 0 Å². The second-order valence-electron chi connectivity index (χ2n) is 5.06. The summed E-state index contributed by atoms with van der Waals surface area (Å²) in [5.74, 6) is 0.704. The highest BCUT2D eigenvalue weighted by molar-refractivity contribution is 5.39. The Balaban J connectivity index is 2.20. The van der Waals surface area contributed by atoms with Crippen LogP contribution in [0.25, 0.3) is 0 Å². The van der Waals surface area contributed by atoms with E-state index in [0.717, 1.165) is 5.56 Å². The van der Waals surface area contributed by atoms with Crippen LogP contribution in [-0.2, 0) is 0 Å². The number of hydrogen-bond acceptors (Lipinski definition) is 4. The van der Waals surface area contributed by atoms with Gasteiger partial charge in [-0.05, 0) is 32.0 Å². The van der Waals surface area contributed by atoms with Crippen LogP contribution in [0.3, 0.4) is 0 Å². The number of rotatable bonds is 7. The molecule has 0 bridgehead atoms. The van der Waals surface area contributed by atoms with Crippen LogP contribution in [0.15, 0.2) is 41.0 Å². The second-order valence-corrected chi connectivity index (χ2v) is 5.06. The zero-order valence-electron chi connectivity index (χ0n) is 12.4. The van der Waals surface area contributed by atoms with Gasteiger partial charge in [0.05, 0.1) is 18.9 Å². The standard InChI is InChI=1S/C16H19F2NO3/c1-10-5-6-14(22-16(17)18)12(8-10)11(2)19-13(9-20)15-4-3-7-21-15/h3-8,11,13,16,19-20H,9H2,1-2H3. The third kappa shape index (κ3) is 4.05. The van der Waals surface area contributed by atoms with Crippen molar-refractivity contribution in [3.8, 4) is 5.75 Å². The molecule has 0 saturated heterocycles. The SMILES string of the molecule is Cc1ccc(OC(F)F)c(C(C)NC(CO)c2ccco2)c1. The lowest BCUT2D eigenvalue weighted by Gasteiger charge is -2.23. The maximum atomic E-state index is 12.5. The molecule has 6 heteroatoms. The number of hydrogen-bond donors (Lipinski definition) is 2. The van der Waals surface area contributed by atoms with E-state index in [9.17, 15) is 13.9 Å². The van der Waals surface area contributed by atoms with Crippen LogP contribution in [0.2, 0.25) is 0 Å². The number of nitrogens with one attached hydrogen (secondary N) is 1. The quantitative estimate of drug-likeness (QED) is 0.821. The van der Waals surface area contributed by atoms with Crippen molar-refractivity contribution in [3.05, 3.63) is 53.5 Å². The molecule has 0 saturated carbocycles. The van der Waals surface area contributed by atoms with E-state index in [0.29, 0.717) is 11.3 Å². The molecule has 2 atom stereocenters. The molecule has 0 amide bonds. The fourth-order valence-corrected chi connectivity index (χ4v) is 2.32. The van der Waals surface area contributed by atoms with E-state index in [1.807, 2.05) is 13.8 Å². The van der Waals surface area contributed by atoms with Crippen molar-refractivity contribution in [1.29, 1.82) is 0 Å². The summed E-state index contributed by atoms with van der Waals surface area (Å²) in [7, 11) is 0. The summed E-state index contributed by atoms with van der Waals surface area (Å²) >= 11 is 0. The van der Waals surface area contributed by atoms with Gasteiger partial charge in [-0.3, -0.25) is 5.32 Å². The molecule has 0 aliphatic heterocycles. The predicted octanol–water partition coefficient (Wildman–Crippen LogP) is 3.57. The Hall–Kier alpha value is -1.92. The maximum absolute atomic E-state index is 12.5. The highest BCUT2D eigenvalue weighted by atomic mass is 19.3. The first-order valence-electron chi connectivity index (χ1n) is 6.97. The number of aryl methyl sites for hydroxylation is 1. The van der Waals surface area contributed by atoms with Gasteiger partial charge in [-0.15, -0.1) is 0 Å². The van der Waals surface area contributed by atoms with Gasteiger partial charge in [-0.2, -0.15) is 8.78 Å². The van der Waals surface area contributed by atoms with Gasteiger partial charge >= 0.3 is 6.61 Å². The first-order valence-corrected chi connectivity index (χ1v) is 6.97. The minimum absolute atomic E-state index is 0.122. The first-order chi connectivity index (χ1) is 10.5. The molecule has 1 aromatic heterocycles. The number of alkyl halides is 2. The van der Waals surface area contributed by atoms with Crippen LogP contribution in [0, 0.1) is 6.92 Å². The van der Waals surface area contributed by atoms with E-state index >= 15 is 0 Å². The van der Waals surface area contributed by atoms with Crippen LogP contribution in [0.1, 0.15) is 35.9 Å². The lowest BCUT2D eigenvalue weighted by atomic mass is 10.0. The topological polar surface area (TPSA) is 54.6 Å². The van der Waals surface area contributed by atoms with E-state index in [2.05, 4.69) is 10.1 Å². The van der Waals surface area contributed by atoms with Crippen LogP contribution in [0.5, 0.6) is 5.75 Å². The van der Waals surface area contributed by atoms with E-state index in [4.69, 9.17) is 4.42 Å². The molecule has 1 heterocycles. The summed E-state index contributed by atoms with van der Waals surface area (Å²) in [5, 5.41) is 12.6. The molecule has 2 N–H and O–H groups in total. The van der Waals surface area contributed by atoms with Crippen molar-refractivity contribution in [2.24, 2.45) is 0 Å². The molecule has 4 nitrogen and oxygen atoms in total. The normalized spacial score (nSPS) is 14.1. The molecule has 2 unspecified atom stereocenters. The van der Waals surface area contributed by atoms with E-state index < -0.39 is 12.7 Å². The Morgan fingerprint density at radius 3 is 2.68 bits per heavy atom. The first kappa shape index (κ1) is 16.5. The Morgan fingerprint density at radius 1 is 1.32 bits per heavy atom. The third-order valence-corrected chi connectivity index (χ3v) is 3.37. The van der Waals surface area contributed by atoms with Crippen molar-refractivity contribution >= 4 is 0 Å². The van der Waals surface area contributed by atoms with E-state index in [-0.39, 0.29) is 18.4 Å². The highest BCUT2D eigenvalue weighted by Crippen LogP contribution is 2.29. The Labute approximate surface area is 127 Å². The van der Waals surface area contributed by atoms with Gasteiger partial charge < -0.3 is 14.3 Å². The fourth-order valence-electron chi connectivity index (χ4n) is 2.32. The molecule has 120 valence electrons. The average Bonchev–Trinajstić information content (AvgIpc) is 3.00. The highest BCUT2D eigenvalue weighted by Gasteiger charge is 2.20. The fraction of sp³-hybridized carbons (Fsp3) is 0.375. The number of furan rings is 1. The van der Waals surface area contributed by atoms with Gasteiger partial charge in [0.1, 0.15) is 11.5 Å². The molecule has 0 fully saturated rings. The smallest absolute Gasteiger partial charge is 0.387 e. The number of aliphatic hydroxyl groups is 1. The molecule has 1 aromatic carbocycles. The van der Waals surface area contributed by atoms with E-state index in [1.165, 1.54) is 12.3 Å². The number of benzene rings is 1. The average molecular weight is 311 g/mol. The minimum Gasteiger partial charge on any atom is -0.468 e. The molecular formula is C16H19F2NO3. The van der Waals surface area contributed by atoms with Crippen molar-refractivity contribution in [2.75, 3.05) is 6.61 Å². The van der Waals surface area contributed by atoms with Gasteiger partial charge in [-0.1, -0.05) is 17.7 Å². The van der Waals surface area contributed by atoms with Gasteiger partial charge in [0.2, 0.25) is 0 Å². The van der Waals surface area contributed by atoms with Crippen LogP contribution >= 0.6 is 0 Å². The monoisotopic (exact) mass is 311 g/mol. The molecule has 0 aliphatic carbocycles. The van der Waals surface area contributed by atoms with Gasteiger partial charge in [-0.25, -0.2) is 0 Å². The van der Waals surface area contributed by atoms with Gasteiger partial charge in [0.25, 0.3) is 0 Å². The molecular weight excluding hydrogens is 292 g/mol. The number of ether oxygens (including phenoxy) is 1. The lowest BCUT2D eigenvalue weighted by Crippen LogP contribution is -2.27. The summed E-state index contributed by atoms with van der Waals surface area (Å²) in [6.07, 6.45) is 1.52. The molecule has 2 rings (SSSR count). The molecule has 2 aromatic rings. The van der Waals surface area contributed by atoms with Crippen molar-refractivity contribution < 1.29 is 23.0 Å². The summed E-state index contributed by atoms with van der Waals surface area (Å²) in [6.45, 7) is 0.638. The minimum atomic E-state index is -2.88. The van der Waals surface area contributed by atoms with Crippen LogP contribution in [-0.4, -0.2) is 18.3 Å². The summed E-state index contributed by atoms with van der Waals surface area (Å²) in [4.78, 5) is 0. The summed E-state index contributed by atoms with van der Waals surface area (Å²) in [5.41, 5.74) is 1.54. The zero-order valence-corrected chi connectivity index (χ0v) is 12.4. The molecule has 0 aliphatic rings. The Morgan fingerprint density at radius 2 is 2.09 bits per heavy atom. The Kier molecular flexibility index (Phi) is 5.51. The second kappa shape index (κ2) is 7.38.